The first-order chi connectivity index (χ1) is 15.5. The van der Waals surface area contributed by atoms with Gasteiger partial charge in [0.25, 0.3) is 0 Å². The number of benzene rings is 2. The summed E-state index contributed by atoms with van der Waals surface area (Å²) in [5.74, 6) is 0.137. The molecular weight excluding hydrogens is 461 g/mol. The number of rotatable bonds is 12. The summed E-state index contributed by atoms with van der Waals surface area (Å²) in [6.07, 6.45) is -6.18. The lowest BCUT2D eigenvalue weighted by molar-refractivity contribution is -0.153. The van der Waals surface area contributed by atoms with Crippen molar-refractivity contribution >= 4 is 11.6 Å². The van der Waals surface area contributed by atoms with E-state index in [0.717, 1.165) is 16.7 Å². The molecule has 33 heavy (non-hydrogen) atoms. The molecule has 0 spiro atoms. The fourth-order valence-electron chi connectivity index (χ4n) is 3.50. The third-order valence-electron chi connectivity index (χ3n) is 5.36. The summed E-state index contributed by atoms with van der Waals surface area (Å²) >= 11 is 6.38. The Hall–Kier alpha value is -1.84. The highest BCUT2D eigenvalue weighted by atomic mass is 35.5. The zero-order valence-corrected chi connectivity index (χ0v) is 19.6. The van der Waals surface area contributed by atoms with Gasteiger partial charge < -0.3 is 24.4 Å². The predicted molar refractivity (Wildman–Crippen MR) is 120 cm³/mol. The fraction of sp³-hybridized carbons (Fsp3) is 0.500. The van der Waals surface area contributed by atoms with Crippen molar-refractivity contribution in [2.75, 3.05) is 27.4 Å². The number of aliphatic hydroxyl groups is 2. The van der Waals surface area contributed by atoms with E-state index in [1.807, 2.05) is 19.1 Å². The van der Waals surface area contributed by atoms with Gasteiger partial charge in [0.15, 0.2) is 6.61 Å². The molecule has 9 heteroatoms. The van der Waals surface area contributed by atoms with Crippen molar-refractivity contribution in [3.05, 3.63) is 64.2 Å². The fourth-order valence-corrected chi connectivity index (χ4v) is 3.69. The summed E-state index contributed by atoms with van der Waals surface area (Å²) in [4.78, 5) is 0. The number of methoxy groups -OCH3 is 2. The molecule has 0 heterocycles. The van der Waals surface area contributed by atoms with Gasteiger partial charge in [-0.05, 0) is 53.6 Å². The molecule has 5 nitrogen and oxygen atoms in total. The van der Waals surface area contributed by atoms with Crippen LogP contribution >= 0.6 is 11.6 Å². The molecule has 0 fully saturated rings. The normalized spacial score (nSPS) is 15.7. The molecule has 184 valence electrons. The highest BCUT2D eigenvalue weighted by molar-refractivity contribution is 6.31. The summed E-state index contributed by atoms with van der Waals surface area (Å²) in [6.45, 7) is 0.652. The minimum atomic E-state index is -4.39. The van der Waals surface area contributed by atoms with Crippen LogP contribution in [0.25, 0.3) is 0 Å². The molecule has 2 aromatic rings. The number of halogens is 4. The first-order valence-corrected chi connectivity index (χ1v) is 10.9. The van der Waals surface area contributed by atoms with Crippen molar-refractivity contribution in [1.29, 1.82) is 0 Å². The van der Waals surface area contributed by atoms with E-state index in [0.29, 0.717) is 17.9 Å². The lowest BCUT2D eigenvalue weighted by atomic mass is 9.90. The van der Waals surface area contributed by atoms with Crippen molar-refractivity contribution < 1.29 is 37.6 Å². The Morgan fingerprint density at radius 1 is 1.03 bits per heavy atom. The molecule has 0 aliphatic rings. The van der Waals surface area contributed by atoms with E-state index in [1.54, 1.807) is 18.2 Å². The van der Waals surface area contributed by atoms with Gasteiger partial charge in [-0.15, -0.1) is 0 Å². The van der Waals surface area contributed by atoms with Crippen LogP contribution in [0.5, 0.6) is 5.75 Å². The minimum absolute atomic E-state index is 0.000532. The number of hydrogen-bond donors (Lipinski definition) is 2. The molecule has 0 aliphatic heterocycles. The van der Waals surface area contributed by atoms with E-state index in [2.05, 4.69) is 0 Å². The molecule has 0 radical (unpaired) electrons. The van der Waals surface area contributed by atoms with Gasteiger partial charge in [-0.3, -0.25) is 0 Å². The molecule has 4 atom stereocenters. The quantitative estimate of drug-likeness (QED) is 0.449. The maximum Gasteiger partial charge on any atom is 0.422 e. The maximum atomic E-state index is 12.3. The van der Waals surface area contributed by atoms with Crippen LogP contribution in [-0.4, -0.2) is 62.1 Å². The second-order valence-electron chi connectivity index (χ2n) is 8.00. The van der Waals surface area contributed by atoms with Gasteiger partial charge in [0, 0.05) is 19.2 Å². The van der Waals surface area contributed by atoms with Crippen LogP contribution in [0.1, 0.15) is 36.0 Å². The van der Waals surface area contributed by atoms with Crippen LogP contribution in [0.3, 0.4) is 0 Å². The van der Waals surface area contributed by atoms with E-state index in [1.165, 1.54) is 26.4 Å². The molecule has 2 N–H and O–H groups in total. The number of ether oxygens (including phenoxy) is 3. The van der Waals surface area contributed by atoms with Crippen molar-refractivity contribution in [2.45, 2.75) is 50.2 Å². The Labute approximate surface area is 197 Å². The molecule has 0 bridgehead atoms. The average molecular weight is 491 g/mol. The molecule has 2 rings (SSSR count). The molecular formula is C24H30ClF3O5. The van der Waals surface area contributed by atoms with Crippen molar-refractivity contribution in [2.24, 2.45) is 0 Å². The molecule has 2 aromatic carbocycles. The lowest BCUT2D eigenvalue weighted by Crippen LogP contribution is -2.41. The van der Waals surface area contributed by atoms with Crippen LogP contribution in [0.4, 0.5) is 13.2 Å². The zero-order chi connectivity index (χ0) is 24.6. The largest absolute Gasteiger partial charge is 0.484 e. The standard InChI is InChI=1S/C24H30ClF3O5/c1-15(10-22(32-3)23(30)21(29)13-31-2)17-6-9-20(25)18(12-17)11-16-4-7-19(8-5-16)33-14-24(26,27)28/h4-9,12,15,21-23,29-30H,10-11,13-14H2,1-3H3/t15?,21-,22-,23-/m1/s1. The molecule has 0 aromatic heterocycles. The topological polar surface area (TPSA) is 68.2 Å². The van der Waals surface area contributed by atoms with E-state index < -0.39 is 31.1 Å². The van der Waals surface area contributed by atoms with Crippen LogP contribution in [0, 0.1) is 0 Å². The van der Waals surface area contributed by atoms with Crippen LogP contribution in [0.2, 0.25) is 5.02 Å². The number of alkyl halides is 3. The van der Waals surface area contributed by atoms with Gasteiger partial charge in [0.2, 0.25) is 0 Å². The van der Waals surface area contributed by atoms with Gasteiger partial charge in [0.1, 0.15) is 18.0 Å². The van der Waals surface area contributed by atoms with Crippen molar-refractivity contribution in [1.82, 2.24) is 0 Å². The second-order valence-corrected chi connectivity index (χ2v) is 8.41. The molecule has 0 amide bonds. The average Bonchev–Trinajstić information content (AvgIpc) is 2.77. The third kappa shape index (κ3) is 8.79. The Morgan fingerprint density at radius 3 is 2.27 bits per heavy atom. The van der Waals surface area contributed by atoms with E-state index >= 15 is 0 Å². The van der Waals surface area contributed by atoms with Crippen molar-refractivity contribution in [3.8, 4) is 5.75 Å². The Kier molecular flexibility index (Phi) is 10.4. The van der Waals surface area contributed by atoms with Gasteiger partial charge >= 0.3 is 6.18 Å². The minimum Gasteiger partial charge on any atom is -0.484 e. The Balaban J connectivity index is 2.07. The Morgan fingerprint density at radius 2 is 1.70 bits per heavy atom. The first kappa shape index (κ1) is 27.4. The highest BCUT2D eigenvalue weighted by Crippen LogP contribution is 2.29. The molecule has 0 saturated carbocycles. The van der Waals surface area contributed by atoms with Gasteiger partial charge in [-0.2, -0.15) is 13.2 Å². The molecule has 0 aliphatic carbocycles. The summed E-state index contributed by atoms with van der Waals surface area (Å²) in [5, 5.41) is 20.9. The molecule has 0 saturated heterocycles. The summed E-state index contributed by atoms with van der Waals surface area (Å²) < 4.78 is 51.9. The van der Waals surface area contributed by atoms with Gasteiger partial charge in [-0.1, -0.05) is 42.8 Å². The smallest absolute Gasteiger partial charge is 0.422 e. The lowest BCUT2D eigenvalue weighted by Gasteiger charge is -2.28. The van der Waals surface area contributed by atoms with Crippen LogP contribution in [-0.2, 0) is 15.9 Å². The highest BCUT2D eigenvalue weighted by Gasteiger charge is 2.29. The monoisotopic (exact) mass is 490 g/mol. The zero-order valence-electron chi connectivity index (χ0n) is 18.8. The Bertz CT molecular complexity index is 860. The van der Waals surface area contributed by atoms with Crippen molar-refractivity contribution in [3.63, 3.8) is 0 Å². The number of hydrogen-bond acceptors (Lipinski definition) is 5. The van der Waals surface area contributed by atoms with E-state index in [4.69, 9.17) is 25.8 Å². The third-order valence-corrected chi connectivity index (χ3v) is 5.73. The maximum absolute atomic E-state index is 12.3. The van der Waals surface area contributed by atoms with E-state index in [-0.39, 0.29) is 18.3 Å². The van der Waals surface area contributed by atoms with E-state index in [9.17, 15) is 23.4 Å². The van der Waals surface area contributed by atoms with Gasteiger partial charge in [0.05, 0.1) is 12.7 Å². The second kappa shape index (κ2) is 12.6. The SMILES string of the molecule is COC[C@@H](O)[C@@H](O)[C@@H](CC(C)c1ccc(Cl)c(Cc2ccc(OCC(F)(F)F)cc2)c1)OC. The number of aliphatic hydroxyl groups excluding tert-OH is 2. The summed E-state index contributed by atoms with van der Waals surface area (Å²) in [5.41, 5.74) is 2.71. The first-order valence-electron chi connectivity index (χ1n) is 10.5. The molecule has 1 unspecified atom stereocenters. The summed E-state index contributed by atoms with van der Waals surface area (Å²) in [7, 11) is 2.92. The van der Waals surface area contributed by atoms with Gasteiger partial charge in [-0.25, -0.2) is 0 Å². The predicted octanol–water partition coefficient (Wildman–Crippen LogP) is 4.75. The van der Waals surface area contributed by atoms with Crippen LogP contribution < -0.4 is 4.74 Å². The van der Waals surface area contributed by atoms with Crippen LogP contribution in [0.15, 0.2) is 42.5 Å². The summed E-state index contributed by atoms with van der Waals surface area (Å²) in [6, 6.07) is 12.1.